The maximum atomic E-state index is 12.3. The van der Waals surface area contributed by atoms with E-state index >= 15 is 0 Å². The van der Waals surface area contributed by atoms with Crippen molar-refractivity contribution < 1.29 is 4.79 Å². The maximum absolute atomic E-state index is 12.3. The van der Waals surface area contributed by atoms with Crippen LogP contribution < -0.4 is 10.6 Å². The Morgan fingerprint density at radius 2 is 1.72 bits per heavy atom. The third-order valence-corrected chi connectivity index (χ3v) is 3.70. The molecule has 0 unspecified atom stereocenters. The van der Waals surface area contributed by atoms with Crippen LogP contribution in [0.4, 0.5) is 17.2 Å². The van der Waals surface area contributed by atoms with Crippen molar-refractivity contribution in [2.45, 2.75) is 6.92 Å². The SMILES string of the molecule is Cc1ccccc1C(=O)Nc1ccc(Nc2ccc(C#N)cc2)nc1. The van der Waals surface area contributed by atoms with Crippen LogP contribution >= 0.6 is 0 Å². The van der Waals surface area contributed by atoms with E-state index in [1.165, 1.54) is 0 Å². The van der Waals surface area contributed by atoms with Gasteiger partial charge in [0.05, 0.1) is 23.5 Å². The minimum atomic E-state index is -0.160. The van der Waals surface area contributed by atoms with Crippen LogP contribution in [0.1, 0.15) is 21.5 Å². The summed E-state index contributed by atoms with van der Waals surface area (Å²) in [7, 11) is 0. The highest BCUT2D eigenvalue weighted by Crippen LogP contribution is 2.17. The van der Waals surface area contributed by atoms with Gasteiger partial charge in [0, 0.05) is 11.3 Å². The van der Waals surface area contributed by atoms with Gasteiger partial charge >= 0.3 is 0 Å². The fourth-order valence-corrected chi connectivity index (χ4v) is 2.34. The molecule has 25 heavy (non-hydrogen) atoms. The number of rotatable bonds is 4. The molecule has 2 aromatic carbocycles. The fourth-order valence-electron chi connectivity index (χ4n) is 2.34. The number of carbonyl (C=O) groups is 1. The number of hydrogen-bond donors (Lipinski definition) is 2. The molecule has 0 atom stereocenters. The molecule has 0 radical (unpaired) electrons. The van der Waals surface area contributed by atoms with E-state index in [0.29, 0.717) is 22.6 Å². The summed E-state index contributed by atoms with van der Waals surface area (Å²) in [6, 6.07) is 20.2. The van der Waals surface area contributed by atoms with Crippen molar-refractivity contribution in [2.24, 2.45) is 0 Å². The molecular formula is C20H16N4O. The smallest absolute Gasteiger partial charge is 0.255 e. The van der Waals surface area contributed by atoms with E-state index in [4.69, 9.17) is 5.26 Å². The molecule has 1 amide bonds. The lowest BCUT2D eigenvalue weighted by atomic mass is 10.1. The Bertz CT molecular complexity index is 925. The summed E-state index contributed by atoms with van der Waals surface area (Å²) in [5.41, 5.74) is 3.63. The number of pyridine rings is 1. The summed E-state index contributed by atoms with van der Waals surface area (Å²) >= 11 is 0. The van der Waals surface area contributed by atoms with Gasteiger partial charge in [0.25, 0.3) is 5.91 Å². The van der Waals surface area contributed by atoms with Crippen LogP contribution in [0.5, 0.6) is 0 Å². The highest BCUT2D eigenvalue weighted by atomic mass is 16.1. The van der Waals surface area contributed by atoms with E-state index in [1.54, 1.807) is 36.5 Å². The van der Waals surface area contributed by atoms with Gasteiger partial charge in [-0.05, 0) is 55.0 Å². The Balaban J connectivity index is 1.67. The van der Waals surface area contributed by atoms with Gasteiger partial charge in [-0.3, -0.25) is 4.79 Å². The lowest BCUT2D eigenvalue weighted by Crippen LogP contribution is -2.13. The highest BCUT2D eigenvalue weighted by molar-refractivity contribution is 6.05. The largest absolute Gasteiger partial charge is 0.340 e. The van der Waals surface area contributed by atoms with Crippen LogP contribution in [-0.2, 0) is 0 Å². The Kier molecular flexibility index (Phi) is 4.72. The summed E-state index contributed by atoms with van der Waals surface area (Å²) in [6.07, 6.45) is 1.60. The quantitative estimate of drug-likeness (QED) is 0.750. The number of nitriles is 1. The van der Waals surface area contributed by atoms with Gasteiger partial charge in [-0.1, -0.05) is 18.2 Å². The molecule has 5 nitrogen and oxygen atoms in total. The normalized spacial score (nSPS) is 9.92. The summed E-state index contributed by atoms with van der Waals surface area (Å²) < 4.78 is 0. The zero-order chi connectivity index (χ0) is 17.6. The molecule has 122 valence electrons. The number of benzene rings is 2. The van der Waals surface area contributed by atoms with Gasteiger partial charge in [-0.25, -0.2) is 4.98 Å². The van der Waals surface area contributed by atoms with Crippen molar-refractivity contribution in [3.8, 4) is 6.07 Å². The van der Waals surface area contributed by atoms with Crippen LogP contribution in [0.2, 0.25) is 0 Å². The van der Waals surface area contributed by atoms with E-state index in [9.17, 15) is 4.79 Å². The highest BCUT2D eigenvalue weighted by Gasteiger charge is 2.08. The number of anilines is 3. The van der Waals surface area contributed by atoms with Crippen molar-refractivity contribution in [2.75, 3.05) is 10.6 Å². The predicted octanol–water partition coefficient (Wildman–Crippen LogP) is 4.26. The Labute approximate surface area is 146 Å². The number of nitrogens with one attached hydrogen (secondary N) is 2. The molecule has 2 N–H and O–H groups in total. The predicted molar refractivity (Wildman–Crippen MR) is 97.8 cm³/mol. The molecule has 0 spiro atoms. The first-order valence-corrected chi connectivity index (χ1v) is 7.76. The van der Waals surface area contributed by atoms with Crippen molar-refractivity contribution >= 4 is 23.1 Å². The van der Waals surface area contributed by atoms with E-state index in [2.05, 4.69) is 21.7 Å². The van der Waals surface area contributed by atoms with Crippen LogP contribution in [0.25, 0.3) is 0 Å². The third kappa shape index (κ3) is 4.01. The van der Waals surface area contributed by atoms with Crippen LogP contribution in [0.15, 0.2) is 66.9 Å². The number of aromatic nitrogens is 1. The minimum absolute atomic E-state index is 0.160. The second-order valence-corrected chi connectivity index (χ2v) is 5.52. The lowest BCUT2D eigenvalue weighted by molar-refractivity contribution is 0.102. The molecule has 3 rings (SSSR count). The Morgan fingerprint density at radius 3 is 2.36 bits per heavy atom. The molecule has 0 bridgehead atoms. The van der Waals surface area contributed by atoms with E-state index in [1.807, 2.05) is 37.3 Å². The van der Waals surface area contributed by atoms with Crippen LogP contribution in [0, 0.1) is 18.3 Å². The van der Waals surface area contributed by atoms with Gasteiger partial charge in [0.2, 0.25) is 0 Å². The molecule has 1 heterocycles. The first-order chi connectivity index (χ1) is 12.2. The van der Waals surface area contributed by atoms with E-state index < -0.39 is 0 Å². The van der Waals surface area contributed by atoms with Gasteiger partial charge in [-0.2, -0.15) is 5.26 Å². The monoisotopic (exact) mass is 328 g/mol. The first kappa shape index (κ1) is 16.2. The molecular weight excluding hydrogens is 312 g/mol. The molecule has 3 aromatic rings. The van der Waals surface area contributed by atoms with Gasteiger partial charge in [-0.15, -0.1) is 0 Å². The van der Waals surface area contributed by atoms with Crippen molar-refractivity contribution in [1.82, 2.24) is 4.98 Å². The van der Waals surface area contributed by atoms with Crippen molar-refractivity contribution in [3.05, 3.63) is 83.6 Å². The summed E-state index contributed by atoms with van der Waals surface area (Å²) in [5.74, 6) is 0.492. The first-order valence-electron chi connectivity index (χ1n) is 7.76. The Hall–Kier alpha value is -3.65. The van der Waals surface area contributed by atoms with E-state index in [-0.39, 0.29) is 5.91 Å². The molecule has 0 aliphatic heterocycles. The minimum Gasteiger partial charge on any atom is -0.340 e. The average molecular weight is 328 g/mol. The van der Waals surface area contributed by atoms with Crippen molar-refractivity contribution in [1.29, 1.82) is 5.26 Å². The summed E-state index contributed by atoms with van der Waals surface area (Å²) in [5, 5.41) is 14.8. The molecule has 0 saturated heterocycles. The Morgan fingerprint density at radius 1 is 1.00 bits per heavy atom. The van der Waals surface area contributed by atoms with Gasteiger partial charge in [0.1, 0.15) is 5.82 Å². The van der Waals surface area contributed by atoms with Crippen LogP contribution in [-0.4, -0.2) is 10.9 Å². The average Bonchev–Trinajstić information content (AvgIpc) is 2.64. The van der Waals surface area contributed by atoms with Crippen molar-refractivity contribution in [3.63, 3.8) is 0 Å². The molecule has 1 aromatic heterocycles. The zero-order valence-electron chi connectivity index (χ0n) is 13.7. The number of aryl methyl sites for hydroxylation is 1. The number of amides is 1. The van der Waals surface area contributed by atoms with Gasteiger partial charge in [0.15, 0.2) is 0 Å². The second-order valence-electron chi connectivity index (χ2n) is 5.52. The molecule has 5 heteroatoms. The van der Waals surface area contributed by atoms with Gasteiger partial charge < -0.3 is 10.6 Å². The summed E-state index contributed by atoms with van der Waals surface area (Å²) in [6.45, 7) is 1.90. The third-order valence-electron chi connectivity index (χ3n) is 3.70. The molecule has 0 aliphatic rings. The maximum Gasteiger partial charge on any atom is 0.255 e. The zero-order valence-corrected chi connectivity index (χ0v) is 13.7. The number of hydrogen-bond acceptors (Lipinski definition) is 4. The molecule has 0 aliphatic carbocycles. The van der Waals surface area contributed by atoms with Crippen LogP contribution in [0.3, 0.4) is 0 Å². The standard InChI is InChI=1S/C20H16N4O/c1-14-4-2-3-5-18(14)20(25)24-17-10-11-19(22-13-17)23-16-8-6-15(12-21)7-9-16/h2-11,13H,1H3,(H,22,23)(H,24,25). The fraction of sp³-hybridized carbons (Fsp3) is 0.0500. The lowest BCUT2D eigenvalue weighted by Gasteiger charge is -2.09. The molecule has 0 fully saturated rings. The molecule has 0 saturated carbocycles. The number of nitrogens with zero attached hydrogens (tertiary/aromatic N) is 2. The topological polar surface area (TPSA) is 77.8 Å². The number of carbonyl (C=O) groups excluding carboxylic acids is 1. The summed E-state index contributed by atoms with van der Waals surface area (Å²) in [4.78, 5) is 16.6. The second kappa shape index (κ2) is 7.28. The van der Waals surface area contributed by atoms with E-state index in [0.717, 1.165) is 11.3 Å².